The van der Waals surface area contributed by atoms with Gasteiger partial charge >= 0.3 is 5.97 Å². The Balaban J connectivity index is 1.84. The number of aryl methyl sites for hydroxylation is 1. The van der Waals surface area contributed by atoms with Crippen molar-refractivity contribution in [1.82, 2.24) is 0 Å². The van der Waals surface area contributed by atoms with Gasteiger partial charge in [-0.05, 0) is 54.1 Å². The Bertz CT molecular complexity index is 769. The molecule has 0 aromatic heterocycles. The summed E-state index contributed by atoms with van der Waals surface area (Å²) >= 11 is 0. The van der Waals surface area contributed by atoms with Crippen LogP contribution in [0.15, 0.2) is 53.4 Å². The molecule has 5 nitrogen and oxygen atoms in total. The Kier molecular flexibility index (Phi) is 5.68. The first-order chi connectivity index (χ1) is 10.9. The summed E-state index contributed by atoms with van der Waals surface area (Å²) in [5.41, 5.74) is 1.98. The molecule has 2 N–H and O–H groups in total. The van der Waals surface area contributed by atoms with Gasteiger partial charge in [-0.3, -0.25) is 0 Å². The number of carboxylic acid groups (broad SMARTS) is 1. The minimum absolute atomic E-state index is 0.215. The Hall–Kier alpha value is -1.99. The largest absolute Gasteiger partial charge is 0.478 e. The maximum Gasteiger partial charge on any atom is 0.335 e. The van der Waals surface area contributed by atoms with E-state index < -0.39 is 14.8 Å². The number of carboxylic acids is 1. The highest BCUT2D eigenvalue weighted by atomic mass is 33.1. The molecule has 0 bridgehead atoms. The second kappa shape index (κ2) is 7.52. The molecule has 0 amide bonds. The van der Waals surface area contributed by atoms with E-state index in [-0.39, 0.29) is 5.56 Å². The van der Waals surface area contributed by atoms with Gasteiger partial charge in [0.15, 0.2) is 0 Å². The molecule has 0 radical (unpaired) electrons. The number of benzene rings is 2. The lowest BCUT2D eigenvalue weighted by Crippen LogP contribution is -2.07. The third-order valence-corrected chi connectivity index (χ3v) is 6.65. The van der Waals surface area contributed by atoms with Crippen LogP contribution in [0.1, 0.15) is 15.9 Å². The van der Waals surface area contributed by atoms with E-state index in [0.29, 0.717) is 17.2 Å². The summed E-state index contributed by atoms with van der Waals surface area (Å²) in [5, 5.41) is 11.9. The van der Waals surface area contributed by atoms with Gasteiger partial charge in [-0.15, -0.1) is 0 Å². The van der Waals surface area contributed by atoms with E-state index in [2.05, 4.69) is 5.32 Å². The van der Waals surface area contributed by atoms with Crippen molar-refractivity contribution in [2.45, 2.75) is 11.8 Å². The standard InChI is InChI=1S/C16H17NO4S2/c1-12-2-8-15(9-3-12)23(20,21)22-11-10-17-14-6-4-13(5-7-14)16(18)19/h2-9,17H,10-11H2,1H3,(H,18,19). The van der Waals surface area contributed by atoms with Crippen molar-refractivity contribution < 1.29 is 18.3 Å². The number of anilines is 1. The maximum atomic E-state index is 12.1. The molecule has 0 heterocycles. The number of nitrogens with one attached hydrogen (secondary N) is 1. The topological polar surface area (TPSA) is 83.5 Å². The summed E-state index contributed by atoms with van der Waals surface area (Å²) in [6.07, 6.45) is 0. The lowest BCUT2D eigenvalue weighted by Gasteiger charge is -2.07. The molecular weight excluding hydrogens is 334 g/mol. The van der Waals surface area contributed by atoms with E-state index in [1.807, 2.05) is 6.92 Å². The molecule has 23 heavy (non-hydrogen) atoms. The number of carbonyl (C=O) groups is 1. The van der Waals surface area contributed by atoms with Crippen LogP contribution in [0, 0.1) is 6.92 Å². The van der Waals surface area contributed by atoms with Crippen molar-refractivity contribution >= 4 is 31.3 Å². The molecule has 0 fully saturated rings. The van der Waals surface area contributed by atoms with Gasteiger partial charge in [0.25, 0.3) is 0 Å². The second-order valence-electron chi connectivity index (χ2n) is 4.90. The number of aromatic carboxylic acids is 1. The van der Waals surface area contributed by atoms with E-state index in [4.69, 9.17) is 5.11 Å². The summed E-state index contributed by atoms with van der Waals surface area (Å²) in [4.78, 5) is 11.1. The highest BCUT2D eigenvalue weighted by molar-refractivity contribution is 8.72. The number of rotatable bonds is 7. The molecule has 2 aromatic rings. The molecular formula is C16H17NO4S2. The summed E-state index contributed by atoms with van der Waals surface area (Å²) in [6, 6.07) is 13.1. The second-order valence-corrected chi connectivity index (χ2v) is 8.95. The fraction of sp³-hybridized carbons (Fsp3) is 0.188. The molecule has 0 aliphatic carbocycles. The van der Waals surface area contributed by atoms with E-state index in [1.54, 1.807) is 36.4 Å². The minimum Gasteiger partial charge on any atom is -0.478 e. The molecule has 0 aliphatic rings. The smallest absolute Gasteiger partial charge is 0.335 e. The van der Waals surface area contributed by atoms with Crippen LogP contribution in [-0.2, 0) is 8.87 Å². The van der Waals surface area contributed by atoms with Crippen LogP contribution in [0.25, 0.3) is 0 Å². The quantitative estimate of drug-likeness (QED) is 0.589. The zero-order chi connectivity index (χ0) is 16.9. The Morgan fingerprint density at radius 1 is 1.09 bits per heavy atom. The van der Waals surface area contributed by atoms with Gasteiger partial charge < -0.3 is 10.4 Å². The predicted octanol–water partition coefficient (Wildman–Crippen LogP) is 3.23. The van der Waals surface area contributed by atoms with Gasteiger partial charge in [-0.1, -0.05) is 17.7 Å². The van der Waals surface area contributed by atoms with Crippen LogP contribution >= 0.6 is 10.8 Å². The fourth-order valence-electron chi connectivity index (χ4n) is 1.85. The van der Waals surface area contributed by atoms with Crippen LogP contribution in [0.3, 0.4) is 0 Å². The predicted molar refractivity (Wildman–Crippen MR) is 92.7 cm³/mol. The lowest BCUT2D eigenvalue weighted by atomic mass is 10.2. The average Bonchev–Trinajstić information content (AvgIpc) is 2.52. The van der Waals surface area contributed by atoms with Crippen molar-refractivity contribution in [3.63, 3.8) is 0 Å². The maximum absolute atomic E-state index is 12.1. The fourth-order valence-corrected chi connectivity index (χ4v) is 4.51. The van der Waals surface area contributed by atoms with E-state index >= 15 is 0 Å². The summed E-state index contributed by atoms with van der Waals surface area (Å²) in [5.74, 6) is -0.590. The van der Waals surface area contributed by atoms with Crippen molar-refractivity contribution in [1.29, 1.82) is 0 Å². The van der Waals surface area contributed by atoms with Crippen LogP contribution in [0.2, 0.25) is 0 Å². The molecule has 0 saturated carbocycles. The van der Waals surface area contributed by atoms with E-state index in [1.165, 1.54) is 12.1 Å². The molecule has 2 aromatic carbocycles. The first-order valence-corrected chi connectivity index (χ1v) is 9.90. The lowest BCUT2D eigenvalue weighted by molar-refractivity contribution is 0.0697. The van der Waals surface area contributed by atoms with Gasteiger partial charge in [0.05, 0.1) is 10.5 Å². The molecule has 0 atom stereocenters. The van der Waals surface area contributed by atoms with Crippen molar-refractivity contribution in [3.8, 4) is 0 Å². The van der Waals surface area contributed by atoms with Crippen molar-refractivity contribution in [2.75, 3.05) is 17.6 Å². The Morgan fingerprint density at radius 2 is 1.70 bits per heavy atom. The SMILES string of the molecule is Cc1ccc(S(=O)(=O)SCCNc2ccc(C(=O)O)cc2)cc1. The molecule has 0 aliphatic heterocycles. The molecule has 0 unspecified atom stereocenters. The van der Waals surface area contributed by atoms with Gasteiger partial charge in [0.2, 0.25) is 8.87 Å². The molecule has 2 rings (SSSR count). The van der Waals surface area contributed by atoms with Crippen LogP contribution < -0.4 is 5.32 Å². The molecule has 0 spiro atoms. The Morgan fingerprint density at radius 3 is 2.26 bits per heavy atom. The van der Waals surface area contributed by atoms with Gasteiger partial charge in [-0.25, -0.2) is 13.2 Å². The average molecular weight is 351 g/mol. The normalized spacial score (nSPS) is 11.2. The number of hydrogen-bond donors (Lipinski definition) is 2. The van der Waals surface area contributed by atoms with Gasteiger partial charge in [-0.2, -0.15) is 0 Å². The number of hydrogen-bond acceptors (Lipinski definition) is 5. The van der Waals surface area contributed by atoms with Crippen molar-refractivity contribution in [3.05, 3.63) is 59.7 Å². The van der Waals surface area contributed by atoms with Crippen LogP contribution in [0.4, 0.5) is 5.69 Å². The van der Waals surface area contributed by atoms with E-state index in [0.717, 1.165) is 22.0 Å². The van der Waals surface area contributed by atoms with E-state index in [9.17, 15) is 13.2 Å². The molecule has 0 saturated heterocycles. The first kappa shape index (κ1) is 17.4. The minimum atomic E-state index is -3.35. The third-order valence-electron chi connectivity index (χ3n) is 3.11. The first-order valence-electron chi connectivity index (χ1n) is 6.92. The molecule has 122 valence electrons. The zero-order valence-electron chi connectivity index (χ0n) is 12.5. The van der Waals surface area contributed by atoms with Gasteiger partial charge in [0, 0.05) is 18.0 Å². The van der Waals surface area contributed by atoms with Gasteiger partial charge in [0.1, 0.15) is 0 Å². The summed E-state index contributed by atoms with van der Waals surface area (Å²) in [7, 11) is -2.47. The Labute approximate surface area is 139 Å². The summed E-state index contributed by atoms with van der Waals surface area (Å²) in [6.45, 7) is 2.37. The monoisotopic (exact) mass is 351 g/mol. The highest BCUT2D eigenvalue weighted by Crippen LogP contribution is 2.23. The van der Waals surface area contributed by atoms with Crippen LogP contribution in [-0.4, -0.2) is 31.8 Å². The summed E-state index contributed by atoms with van der Waals surface area (Å²) < 4.78 is 24.3. The zero-order valence-corrected chi connectivity index (χ0v) is 14.2. The van der Waals surface area contributed by atoms with Crippen LogP contribution in [0.5, 0.6) is 0 Å². The highest BCUT2D eigenvalue weighted by Gasteiger charge is 2.14. The third kappa shape index (κ3) is 5.01. The molecule has 7 heteroatoms. The van der Waals surface area contributed by atoms with Crippen molar-refractivity contribution in [2.24, 2.45) is 0 Å².